The highest BCUT2D eigenvalue weighted by Gasteiger charge is 2.60. The standard InChI is InChI=1S/C28H33N3O13S/c1-13-20-19(14(2)32)24(34)31(20)21(26(36)42-12-44-28(38)40-4)22(13)45-17-9-18(29-10-17)23(33)30-16-7-5-6-15(8-16)25(35)41-11-43-27(37)39-3/h5-8,13-14,17-20,29,32H,9-12H2,1-4H3,(H,30,33)/t13-,14-,17+,18+,19-,20-/m1/s1. The van der Waals surface area contributed by atoms with Crippen molar-refractivity contribution in [2.75, 3.05) is 39.7 Å². The van der Waals surface area contributed by atoms with Crippen LogP contribution in [-0.2, 0) is 42.8 Å². The van der Waals surface area contributed by atoms with Gasteiger partial charge >= 0.3 is 24.2 Å². The molecule has 0 saturated carbocycles. The number of benzene rings is 1. The van der Waals surface area contributed by atoms with E-state index in [-0.39, 0.29) is 28.3 Å². The molecule has 0 aromatic heterocycles. The van der Waals surface area contributed by atoms with E-state index in [2.05, 4.69) is 29.6 Å². The Morgan fingerprint density at radius 3 is 2.31 bits per heavy atom. The van der Waals surface area contributed by atoms with Crippen LogP contribution in [0.4, 0.5) is 15.3 Å². The molecule has 3 N–H and O–H groups in total. The maximum atomic E-state index is 13.1. The summed E-state index contributed by atoms with van der Waals surface area (Å²) in [5.74, 6) is -3.44. The van der Waals surface area contributed by atoms with E-state index in [1.165, 1.54) is 35.7 Å². The van der Waals surface area contributed by atoms with E-state index in [4.69, 9.17) is 9.47 Å². The van der Waals surface area contributed by atoms with E-state index in [9.17, 15) is 33.9 Å². The molecule has 45 heavy (non-hydrogen) atoms. The van der Waals surface area contributed by atoms with Crippen LogP contribution in [0.15, 0.2) is 34.9 Å². The Hall–Kier alpha value is -4.35. The normalized spacial score (nSPS) is 24.2. The number of hydrogen-bond donors (Lipinski definition) is 3. The molecule has 3 aliphatic heterocycles. The van der Waals surface area contributed by atoms with Gasteiger partial charge in [-0.2, -0.15) is 0 Å². The van der Waals surface area contributed by atoms with Crippen molar-refractivity contribution in [2.24, 2.45) is 11.8 Å². The van der Waals surface area contributed by atoms with E-state index < -0.39 is 67.8 Å². The molecule has 17 heteroatoms. The molecule has 2 amide bonds. The maximum absolute atomic E-state index is 13.1. The number of rotatable bonds is 11. The van der Waals surface area contributed by atoms with Crippen LogP contribution >= 0.6 is 11.8 Å². The molecule has 0 radical (unpaired) electrons. The van der Waals surface area contributed by atoms with E-state index in [0.717, 1.165) is 14.2 Å². The molecule has 3 aliphatic rings. The molecule has 0 spiro atoms. The number of amides is 2. The van der Waals surface area contributed by atoms with Crippen molar-refractivity contribution in [2.45, 2.75) is 43.7 Å². The third-order valence-electron chi connectivity index (χ3n) is 7.44. The van der Waals surface area contributed by atoms with Crippen molar-refractivity contribution in [3.63, 3.8) is 0 Å². The molecule has 0 aliphatic carbocycles. The van der Waals surface area contributed by atoms with Crippen molar-refractivity contribution < 1.29 is 62.3 Å². The Morgan fingerprint density at radius 2 is 1.69 bits per heavy atom. The molecule has 2 saturated heterocycles. The second-order valence-electron chi connectivity index (χ2n) is 10.3. The number of aliphatic hydroxyl groups is 1. The van der Waals surface area contributed by atoms with Crippen molar-refractivity contribution >= 4 is 53.5 Å². The fourth-order valence-electron chi connectivity index (χ4n) is 5.33. The average molecular weight is 652 g/mol. The summed E-state index contributed by atoms with van der Waals surface area (Å²) in [6.07, 6.45) is -2.62. The number of aliphatic hydroxyl groups excluding tert-OH is 1. The lowest BCUT2D eigenvalue weighted by Gasteiger charge is -2.46. The van der Waals surface area contributed by atoms with Gasteiger partial charge in [-0.15, -0.1) is 11.8 Å². The number of β-lactam (4-membered cyclic amide) rings is 1. The van der Waals surface area contributed by atoms with Crippen molar-refractivity contribution in [1.29, 1.82) is 0 Å². The number of thioether (sulfide) groups is 1. The number of carbonyl (C=O) groups excluding carboxylic acids is 6. The van der Waals surface area contributed by atoms with Crippen LogP contribution in [0, 0.1) is 11.8 Å². The highest BCUT2D eigenvalue weighted by Crippen LogP contribution is 2.52. The van der Waals surface area contributed by atoms with Crippen LogP contribution in [0.2, 0.25) is 0 Å². The van der Waals surface area contributed by atoms with Crippen LogP contribution in [0.1, 0.15) is 30.6 Å². The molecule has 16 nitrogen and oxygen atoms in total. The number of anilines is 1. The van der Waals surface area contributed by atoms with Gasteiger partial charge in [0.05, 0.1) is 43.9 Å². The maximum Gasteiger partial charge on any atom is 0.510 e. The summed E-state index contributed by atoms with van der Waals surface area (Å²) in [5, 5.41) is 15.9. The highest BCUT2D eigenvalue weighted by molar-refractivity contribution is 8.03. The number of methoxy groups -OCH3 is 2. The summed E-state index contributed by atoms with van der Waals surface area (Å²) in [6, 6.07) is 4.94. The summed E-state index contributed by atoms with van der Waals surface area (Å²) < 4.78 is 27.8. The van der Waals surface area contributed by atoms with Crippen molar-refractivity contribution in [3.05, 3.63) is 40.4 Å². The lowest BCUT2D eigenvalue weighted by molar-refractivity contribution is -0.166. The van der Waals surface area contributed by atoms with Crippen LogP contribution in [0.25, 0.3) is 0 Å². The van der Waals surface area contributed by atoms with E-state index in [0.29, 0.717) is 23.6 Å². The smallest absolute Gasteiger partial charge is 0.438 e. The highest BCUT2D eigenvalue weighted by atomic mass is 32.2. The average Bonchev–Trinajstić information content (AvgIpc) is 3.58. The van der Waals surface area contributed by atoms with E-state index in [1.54, 1.807) is 12.1 Å². The van der Waals surface area contributed by atoms with Gasteiger partial charge in [-0.3, -0.25) is 9.59 Å². The van der Waals surface area contributed by atoms with Crippen molar-refractivity contribution in [1.82, 2.24) is 10.2 Å². The topological polar surface area (TPSA) is 205 Å². The molecule has 2 fully saturated rings. The van der Waals surface area contributed by atoms with Gasteiger partial charge in [0.2, 0.25) is 25.4 Å². The third-order valence-corrected chi connectivity index (χ3v) is 8.95. The number of carbonyl (C=O) groups is 6. The molecule has 6 atom stereocenters. The molecule has 4 rings (SSSR count). The Labute approximate surface area is 261 Å². The Morgan fingerprint density at radius 1 is 1.04 bits per heavy atom. The van der Waals surface area contributed by atoms with Gasteiger partial charge in [0.25, 0.3) is 0 Å². The number of hydrogen-bond acceptors (Lipinski definition) is 15. The zero-order valence-corrected chi connectivity index (χ0v) is 25.6. The predicted molar refractivity (Wildman–Crippen MR) is 153 cm³/mol. The fraction of sp³-hybridized carbons (Fsp3) is 0.500. The van der Waals surface area contributed by atoms with E-state index >= 15 is 0 Å². The number of nitrogens with one attached hydrogen (secondary N) is 2. The first-order chi connectivity index (χ1) is 21.5. The monoisotopic (exact) mass is 651 g/mol. The Bertz CT molecular complexity index is 1380. The Balaban J connectivity index is 1.39. The summed E-state index contributed by atoms with van der Waals surface area (Å²) >= 11 is 1.33. The molecule has 0 unspecified atom stereocenters. The lowest BCUT2D eigenvalue weighted by Crippen LogP contribution is -2.63. The zero-order chi connectivity index (χ0) is 32.8. The number of ether oxygens (including phenoxy) is 6. The summed E-state index contributed by atoms with van der Waals surface area (Å²) in [5.41, 5.74) is 0.461. The summed E-state index contributed by atoms with van der Waals surface area (Å²) in [7, 11) is 2.21. The van der Waals surface area contributed by atoms with Gasteiger partial charge in [-0.25, -0.2) is 19.2 Å². The first kappa shape index (κ1) is 33.5. The van der Waals surface area contributed by atoms with Gasteiger partial charge in [0, 0.05) is 28.3 Å². The lowest BCUT2D eigenvalue weighted by atomic mass is 9.79. The van der Waals surface area contributed by atoms with Gasteiger partial charge in [-0.05, 0) is 31.5 Å². The SMILES string of the molecule is COC(=O)OCOC(=O)C1=C(S[C@@H]2CN[C@H](C(=O)Nc3cccc(C(=O)OCOC(=O)OC)c3)C2)[C@H](C)[C@@H]2[C@@H]([C@@H](C)O)C(=O)N12. The zero-order valence-electron chi connectivity index (χ0n) is 24.8. The minimum atomic E-state index is -1.04. The Kier molecular flexibility index (Phi) is 10.9. The fourth-order valence-corrected chi connectivity index (χ4v) is 6.80. The molecular weight excluding hydrogens is 618 g/mol. The molecule has 1 aromatic rings. The second kappa shape index (κ2) is 14.6. The first-order valence-electron chi connectivity index (χ1n) is 13.8. The molecule has 3 heterocycles. The quantitative estimate of drug-likeness (QED) is 0.134. The molecule has 0 bridgehead atoms. The molecule has 1 aromatic carbocycles. The third kappa shape index (κ3) is 7.49. The molecular formula is C28H33N3O13S. The first-order valence-corrected chi connectivity index (χ1v) is 14.7. The van der Waals surface area contributed by atoms with Gasteiger partial charge < -0.3 is 49.1 Å². The van der Waals surface area contributed by atoms with Crippen molar-refractivity contribution in [3.8, 4) is 0 Å². The molecule has 244 valence electrons. The largest absolute Gasteiger partial charge is 0.510 e. The number of esters is 2. The van der Waals surface area contributed by atoms with Crippen LogP contribution in [0.3, 0.4) is 0 Å². The number of nitrogens with zero attached hydrogens (tertiary/aromatic N) is 1. The van der Waals surface area contributed by atoms with Gasteiger partial charge in [0.1, 0.15) is 5.70 Å². The van der Waals surface area contributed by atoms with E-state index in [1.807, 2.05) is 6.92 Å². The van der Waals surface area contributed by atoms with Crippen LogP contribution < -0.4 is 10.6 Å². The number of fused-ring (bicyclic) bond motifs is 1. The van der Waals surface area contributed by atoms with Crippen LogP contribution in [0.5, 0.6) is 0 Å². The minimum absolute atomic E-state index is 0.0152. The predicted octanol–water partition coefficient (Wildman–Crippen LogP) is 1.34. The second-order valence-corrected chi connectivity index (χ2v) is 11.6. The summed E-state index contributed by atoms with van der Waals surface area (Å²) in [4.78, 5) is 75.5. The minimum Gasteiger partial charge on any atom is -0.438 e. The van der Waals surface area contributed by atoms with Crippen LogP contribution in [-0.4, -0.2) is 104 Å². The summed E-state index contributed by atoms with van der Waals surface area (Å²) in [6.45, 7) is 2.40. The van der Waals surface area contributed by atoms with Gasteiger partial charge in [0.15, 0.2) is 0 Å². The van der Waals surface area contributed by atoms with Gasteiger partial charge in [-0.1, -0.05) is 13.0 Å².